The van der Waals surface area contributed by atoms with Gasteiger partial charge in [0.15, 0.2) is 11.4 Å². The number of amides is 4. The van der Waals surface area contributed by atoms with Crippen LogP contribution in [0.15, 0.2) is 82.5 Å². The predicted molar refractivity (Wildman–Crippen MR) is 230 cm³/mol. The number of nitrogens with two attached hydrogens (primary N) is 1. The van der Waals surface area contributed by atoms with Gasteiger partial charge in [-0.3, -0.25) is 43.5 Å². The summed E-state index contributed by atoms with van der Waals surface area (Å²) in [5.74, 6) is -2.36. The maximum atomic E-state index is 13.1. The summed E-state index contributed by atoms with van der Waals surface area (Å²) in [6.07, 6.45) is 3.14. The van der Waals surface area contributed by atoms with Gasteiger partial charge in [0, 0.05) is 50.4 Å². The van der Waals surface area contributed by atoms with Gasteiger partial charge in [-0.05, 0) is 99.0 Å². The Hall–Kier alpha value is -6.93. The van der Waals surface area contributed by atoms with E-state index >= 15 is 0 Å². The lowest BCUT2D eigenvalue weighted by atomic mass is 10.0. The van der Waals surface area contributed by atoms with E-state index in [4.69, 9.17) is 14.9 Å². The number of carbonyl (C=O) groups excluding carboxylic acids is 4. The number of hydrogen-bond acceptors (Lipinski definition) is 11. The molecule has 340 valence electrons. The number of primary amides is 1. The van der Waals surface area contributed by atoms with Crippen LogP contribution in [-0.2, 0) is 40.6 Å². The molecule has 20 heteroatoms. The van der Waals surface area contributed by atoms with Gasteiger partial charge in [-0.15, -0.1) is 0 Å². The largest absolute Gasteiger partial charge is 0.444 e. The zero-order chi connectivity index (χ0) is 45.8. The Balaban J connectivity index is 0.804. The van der Waals surface area contributed by atoms with Gasteiger partial charge in [0.05, 0.1) is 41.3 Å². The minimum atomic E-state index is -4.33. The summed E-state index contributed by atoms with van der Waals surface area (Å²) in [4.78, 5) is 73.4. The summed E-state index contributed by atoms with van der Waals surface area (Å²) in [6, 6.07) is 15.7. The molecule has 6 heterocycles. The number of rotatable bonds is 16. The molecule has 0 radical (unpaired) electrons. The van der Waals surface area contributed by atoms with Gasteiger partial charge < -0.3 is 20.2 Å². The number of aryl methyl sites for hydroxylation is 4. The molecule has 4 aromatic heterocycles. The van der Waals surface area contributed by atoms with Crippen LogP contribution in [0.2, 0.25) is 0 Å². The number of aromatic nitrogens is 6. The van der Waals surface area contributed by atoms with Gasteiger partial charge in [-0.2, -0.15) is 18.3 Å². The van der Waals surface area contributed by atoms with Crippen LogP contribution < -0.4 is 22.1 Å². The second kappa shape index (κ2) is 19.0. The minimum absolute atomic E-state index is 0.00294. The minimum Gasteiger partial charge on any atom is -0.444 e. The third kappa shape index (κ3) is 10.6. The summed E-state index contributed by atoms with van der Waals surface area (Å²) in [7, 11) is 1.70. The smallest absolute Gasteiger partial charge is 0.389 e. The Morgan fingerprint density at radius 2 is 1.77 bits per heavy atom. The number of ether oxygens (including phenoxy) is 1. The van der Waals surface area contributed by atoms with Gasteiger partial charge in [-0.25, -0.2) is 14.5 Å². The molecule has 65 heavy (non-hydrogen) atoms. The number of fused-ring (bicyclic) bond motifs is 1. The molecule has 2 atom stereocenters. The molecule has 6 aromatic rings. The number of piperidine rings is 1. The topological polar surface area (TPSA) is 214 Å². The zero-order valence-corrected chi connectivity index (χ0v) is 35.5. The number of benzene rings is 2. The maximum Gasteiger partial charge on any atom is 0.389 e. The highest BCUT2D eigenvalue weighted by atomic mass is 19.4. The highest BCUT2D eigenvalue weighted by Crippen LogP contribution is 2.27. The average molecular weight is 897 g/mol. The van der Waals surface area contributed by atoms with Crippen LogP contribution in [-0.4, -0.2) is 95.9 Å². The molecule has 0 saturated carbocycles. The normalized spacial score (nSPS) is 17.1. The molecule has 2 saturated heterocycles. The third-order valence-corrected chi connectivity index (χ3v) is 11.7. The number of anilines is 1. The number of pyridine rings is 1. The molecule has 8 rings (SSSR count). The van der Waals surface area contributed by atoms with Crippen molar-refractivity contribution in [1.29, 1.82) is 0 Å². The van der Waals surface area contributed by atoms with E-state index in [1.807, 2.05) is 42.5 Å². The van der Waals surface area contributed by atoms with E-state index in [0.717, 1.165) is 74.6 Å². The molecule has 4 N–H and O–H groups in total. The number of nitrogens with zero attached hydrogens (tertiary/aromatic N) is 7. The van der Waals surface area contributed by atoms with E-state index in [0.29, 0.717) is 29.8 Å². The van der Waals surface area contributed by atoms with E-state index in [2.05, 4.69) is 30.6 Å². The summed E-state index contributed by atoms with van der Waals surface area (Å²) in [5, 5.41) is 9.25. The Labute approximate surface area is 369 Å². The predicted octanol–water partition coefficient (Wildman–Crippen LogP) is 5.06. The molecule has 2 aliphatic heterocycles. The van der Waals surface area contributed by atoms with E-state index in [1.54, 1.807) is 11.6 Å². The van der Waals surface area contributed by atoms with Gasteiger partial charge >= 0.3 is 11.9 Å². The molecule has 2 fully saturated rings. The van der Waals surface area contributed by atoms with Crippen LogP contribution in [0.4, 0.5) is 18.9 Å². The first-order chi connectivity index (χ1) is 31.2. The second-order valence-electron chi connectivity index (χ2n) is 16.3. The SMILES string of the molecule is Cn1c(=O)n(C2CCC(=O)NC2=O)c2ccc(CCCN3CCO[C@H](CCCc4ccc(-n5cc(NC(=O)c6coc(-c7ccnc(CCC(F)(F)F)c7)n6)c(C(N)=O)n5)cc4)C3)cc21. The molecule has 0 spiro atoms. The molecule has 17 nitrogen and oxygen atoms in total. The molecular weight excluding hydrogens is 850 g/mol. The van der Waals surface area contributed by atoms with E-state index in [9.17, 15) is 37.1 Å². The Morgan fingerprint density at radius 3 is 2.54 bits per heavy atom. The fourth-order valence-corrected chi connectivity index (χ4v) is 8.30. The lowest BCUT2D eigenvalue weighted by molar-refractivity contribution is -0.136. The van der Waals surface area contributed by atoms with Crippen LogP contribution in [0, 0.1) is 0 Å². The molecule has 1 unspecified atom stereocenters. The first-order valence-electron chi connectivity index (χ1n) is 21.3. The molecular formula is C45H47F3N10O7. The number of carbonyl (C=O) groups is 4. The number of morpholine rings is 1. The molecule has 2 aromatic carbocycles. The van der Waals surface area contributed by atoms with Gasteiger partial charge in [-0.1, -0.05) is 18.2 Å². The van der Waals surface area contributed by atoms with Gasteiger partial charge in [0.25, 0.3) is 11.8 Å². The van der Waals surface area contributed by atoms with Crippen LogP contribution in [0.3, 0.4) is 0 Å². The van der Waals surface area contributed by atoms with Crippen molar-refractivity contribution >= 4 is 40.3 Å². The van der Waals surface area contributed by atoms with E-state index in [1.165, 1.54) is 33.8 Å². The number of nitrogens with one attached hydrogen (secondary N) is 2. The van der Waals surface area contributed by atoms with Crippen molar-refractivity contribution in [2.45, 2.75) is 76.1 Å². The summed E-state index contributed by atoms with van der Waals surface area (Å²) in [6.45, 7) is 3.24. The molecule has 0 aliphatic carbocycles. The molecule has 2 aliphatic rings. The van der Waals surface area contributed by atoms with Gasteiger partial charge in [0.1, 0.15) is 12.3 Å². The summed E-state index contributed by atoms with van der Waals surface area (Å²) < 4.78 is 54.1. The fourth-order valence-electron chi connectivity index (χ4n) is 8.30. The number of hydrogen-bond donors (Lipinski definition) is 3. The van der Waals surface area contributed by atoms with Crippen molar-refractivity contribution in [3.63, 3.8) is 0 Å². The summed E-state index contributed by atoms with van der Waals surface area (Å²) >= 11 is 0. The lowest BCUT2D eigenvalue weighted by Gasteiger charge is -2.33. The van der Waals surface area contributed by atoms with Crippen molar-refractivity contribution in [2.24, 2.45) is 12.8 Å². The van der Waals surface area contributed by atoms with Crippen molar-refractivity contribution in [3.8, 4) is 17.1 Å². The first kappa shape index (κ1) is 44.7. The quantitative estimate of drug-likeness (QED) is 0.109. The van der Waals surface area contributed by atoms with Crippen molar-refractivity contribution in [1.82, 2.24) is 39.1 Å². The van der Waals surface area contributed by atoms with Crippen molar-refractivity contribution in [3.05, 3.63) is 112 Å². The average Bonchev–Trinajstić information content (AvgIpc) is 4.01. The molecule has 4 amide bonds. The fraction of sp³-hybridized carbons (Fsp3) is 0.378. The third-order valence-electron chi connectivity index (χ3n) is 11.7. The highest BCUT2D eigenvalue weighted by Gasteiger charge is 2.32. The van der Waals surface area contributed by atoms with Crippen LogP contribution >= 0.6 is 0 Å². The van der Waals surface area contributed by atoms with Crippen molar-refractivity contribution < 1.29 is 41.5 Å². The first-order valence-corrected chi connectivity index (χ1v) is 21.3. The Bertz CT molecular complexity index is 2790. The zero-order valence-electron chi connectivity index (χ0n) is 35.5. The van der Waals surface area contributed by atoms with Crippen LogP contribution in [0.1, 0.15) is 82.4 Å². The number of alkyl halides is 3. The number of oxazole rings is 1. The Morgan fingerprint density at radius 1 is 0.985 bits per heavy atom. The van der Waals surface area contributed by atoms with E-state index < -0.39 is 36.4 Å². The van der Waals surface area contributed by atoms with Crippen molar-refractivity contribution in [2.75, 3.05) is 31.6 Å². The monoisotopic (exact) mass is 896 g/mol. The number of imidazole rings is 1. The van der Waals surface area contributed by atoms with Crippen LogP contribution in [0.25, 0.3) is 28.2 Å². The number of imide groups is 1. The second-order valence-corrected chi connectivity index (χ2v) is 16.3. The van der Waals surface area contributed by atoms with E-state index in [-0.39, 0.29) is 59.2 Å². The Kier molecular flexibility index (Phi) is 13.1. The maximum absolute atomic E-state index is 13.1. The molecule has 0 bridgehead atoms. The highest BCUT2D eigenvalue weighted by molar-refractivity contribution is 6.07. The standard InChI is InChI=1S/C45H47F3N10O7/c1-55-37-22-28(9-12-35(37)58(44(55)63)36-13-14-38(59)53-42(36)62)5-3-19-56-20-21-64-32(24-56)6-2-4-27-7-10-31(11-8-27)57-25-33(39(54-57)40(49)60)51-41(61)34-26-65-43(52-34)29-16-18-50-30(23-29)15-17-45(46,47)48/h7-12,16,18,22-23,25-26,32,36H,2-6,13-15,17,19-21,24H2,1H3,(H2,49,60)(H,51,61)(H,53,59,62)/t32-,36?/m1/s1. The number of halogens is 3. The lowest BCUT2D eigenvalue weighted by Crippen LogP contribution is -2.44. The summed E-state index contributed by atoms with van der Waals surface area (Å²) in [5.41, 5.74) is 9.83. The van der Waals surface area contributed by atoms with Gasteiger partial charge in [0.2, 0.25) is 17.7 Å². The van der Waals surface area contributed by atoms with Crippen LogP contribution in [0.5, 0.6) is 0 Å².